The predicted molar refractivity (Wildman–Crippen MR) is 62.9 cm³/mol. The zero-order chi connectivity index (χ0) is 12.3. The number of nitrogens with one attached hydrogen (secondary N) is 1. The van der Waals surface area contributed by atoms with Gasteiger partial charge in [-0.05, 0) is 7.05 Å². The van der Waals surface area contributed by atoms with Gasteiger partial charge in [0.25, 0.3) is 0 Å². The third-order valence-corrected chi connectivity index (χ3v) is 2.23. The molecule has 1 amide bonds. The van der Waals surface area contributed by atoms with Crippen LogP contribution < -0.4 is 11.1 Å². The van der Waals surface area contributed by atoms with Gasteiger partial charge in [-0.3, -0.25) is 9.48 Å². The lowest BCUT2D eigenvalue weighted by Crippen LogP contribution is -2.20. The summed E-state index contributed by atoms with van der Waals surface area (Å²) in [7, 11) is 1.89. The van der Waals surface area contributed by atoms with Crippen LogP contribution in [0.5, 0.6) is 0 Å². The number of carbonyl (C=O) groups is 1. The molecule has 5 nitrogen and oxygen atoms in total. The number of hydrogen-bond acceptors (Lipinski definition) is 3. The maximum Gasteiger partial charge on any atom is 0.239 e. The molecule has 0 saturated carbocycles. The Morgan fingerprint density at radius 2 is 2.19 bits per heavy atom. The second-order valence-electron chi connectivity index (χ2n) is 4.95. The minimum atomic E-state index is -0.376. The normalized spacial score (nSPS) is 11.8. The lowest BCUT2D eigenvalue weighted by atomic mass is 9.89. The maximum atomic E-state index is 10.8. The molecule has 0 radical (unpaired) electrons. The third kappa shape index (κ3) is 3.06. The van der Waals surface area contributed by atoms with E-state index < -0.39 is 0 Å². The number of primary amides is 1. The molecule has 0 aliphatic rings. The zero-order valence-electron chi connectivity index (χ0n) is 10.4. The molecule has 90 valence electrons. The van der Waals surface area contributed by atoms with E-state index in [0.29, 0.717) is 0 Å². The monoisotopic (exact) mass is 224 g/mol. The van der Waals surface area contributed by atoms with Crippen LogP contribution in [-0.2, 0) is 23.3 Å². The van der Waals surface area contributed by atoms with E-state index in [1.165, 1.54) is 0 Å². The lowest BCUT2D eigenvalue weighted by Gasteiger charge is -2.17. The number of nitrogens with two attached hydrogens (primary N) is 1. The van der Waals surface area contributed by atoms with E-state index in [9.17, 15) is 4.79 Å². The summed E-state index contributed by atoms with van der Waals surface area (Å²) in [6, 6.07) is 0. The van der Waals surface area contributed by atoms with Crippen molar-refractivity contribution in [2.45, 2.75) is 39.3 Å². The predicted octanol–water partition coefficient (Wildman–Crippen LogP) is 0.385. The van der Waals surface area contributed by atoms with Crippen molar-refractivity contribution in [2.75, 3.05) is 7.05 Å². The molecule has 1 rings (SSSR count). The summed E-state index contributed by atoms with van der Waals surface area (Å²) >= 11 is 0. The molecule has 1 aromatic rings. The van der Waals surface area contributed by atoms with Crippen LogP contribution in [0.2, 0.25) is 0 Å². The number of rotatable bonds is 4. The van der Waals surface area contributed by atoms with E-state index in [2.05, 4.69) is 31.2 Å². The zero-order valence-corrected chi connectivity index (χ0v) is 10.4. The third-order valence-electron chi connectivity index (χ3n) is 2.23. The van der Waals surface area contributed by atoms with Gasteiger partial charge in [-0.2, -0.15) is 5.10 Å². The fourth-order valence-corrected chi connectivity index (χ4v) is 1.65. The number of carbonyl (C=O) groups excluding carboxylic acids is 1. The number of hydrogen-bond donors (Lipinski definition) is 2. The molecule has 1 heterocycles. The first kappa shape index (κ1) is 12.7. The molecule has 0 unspecified atom stereocenters. The Hall–Kier alpha value is -1.36. The van der Waals surface area contributed by atoms with Gasteiger partial charge >= 0.3 is 0 Å². The van der Waals surface area contributed by atoms with Gasteiger partial charge in [0.15, 0.2) is 0 Å². The standard InChI is InChI=1S/C11H20N4O/c1-11(2,3)10-8(5-13-4)6-15(14-10)7-9(12)16/h6,13H,5,7H2,1-4H3,(H2,12,16). The summed E-state index contributed by atoms with van der Waals surface area (Å²) in [6.45, 7) is 7.17. The summed E-state index contributed by atoms with van der Waals surface area (Å²) in [5.74, 6) is -0.376. The van der Waals surface area contributed by atoms with E-state index in [1.807, 2.05) is 13.2 Å². The highest BCUT2D eigenvalue weighted by Gasteiger charge is 2.22. The number of aromatic nitrogens is 2. The van der Waals surface area contributed by atoms with Gasteiger partial charge in [-0.25, -0.2) is 0 Å². The van der Waals surface area contributed by atoms with Crippen molar-refractivity contribution in [3.8, 4) is 0 Å². The van der Waals surface area contributed by atoms with Crippen LogP contribution in [0.3, 0.4) is 0 Å². The molecule has 0 spiro atoms. The summed E-state index contributed by atoms with van der Waals surface area (Å²) in [5, 5.41) is 7.51. The second-order valence-corrected chi connectivity index (χ2v) is 4.95. The molecular formula is C11H20N4O. The van der Waals surface area contributed by atoms with Crippen molar-refractivity contribution in [1.29, 1.82) is 0 Å². The highest BCUT2D eigenvalue weighted by Crippen LogP contribution is 2.24. The molecular weight excluding hydrogens is 204 g/mol. The molecule has 0 bridgehead atoms. The van der Waals surface area contributed by atoms with Crippen LogP contribution in [0.25, 0.3) is 0 Å². The quantitative estimate of drug-likeness (QED) is 0.777. The van der Waals surface area contributed by atoms with E-state index in [-0.39, 0.29) is 17.9 Å². The van der Waals surface area contributed by atoms with Crippen LogP contribution in [-0.4, -0.2) is 22.7 Å². The molecule has 0 saturated heterocycles. The Morgan fingerprint density at radius 1 is 1.56 bits per heavy atom. The summed E-state index contributed by atoms with van der Waals surface area (Å²) in [6.07, 6.45) is 1.88. The van der Waals surface area contributed by atoms with Crippen molar-refractivity contribution in [2.24, 2.45) is 5.73 Å². The molecule has 5 heteroatoms. The van der Waals surface area contributed by atoms with Gasteiger partial charge in [-0.15, -0.1) is 0 Å². The van der Waals surface area contributed by atoms with E-state index in [4.69, 9.17) is 5.73 Å². The van der Waals surface area contributed by atoms with Gasteiger partial charge in [0.2, 0.25) is 5.91 Å². The van der Waals surface area contributed by atoms with Gasteiger partial charge in [0, 0.05) is 23.7 Å². The van der Waals surface area contributed by atoms with Crippen molar-refractivity contribution in [3.05, 3.63) is 17.5 Å². The Morgan fingerprint density at radius 3 is 2.62 bits per heavy atom. The first-order valence-electron chi connectivity index (χ1n) is 5.34. The van der Waals surface area contributed by atoms with Crippen LogP contribution in [0.4, 0.5) is 0 Å². The average molecular weight is 224 g/mol. The topological polar surface area (TPSA) is 72.9 Å². The number of nitrogens with zero attached hydrogens (tertiary/aromatic N) is 2. The molecule has 0 aliphatic carbocycles. The fraction of sp³-hybridized carbons (Fsp3) is 0.636. The highest BCUT2D eigenvalue weighted by atomic mass is 16.1. The van der Waals surface area contributed by atoms with Crippen LogP contribution in [0.15, 0.2) is 6.20 Å². The van der Waals surface area contributed by atoms with Gasteiger partial charge < -0.3 is 11.1 Å². The molecule has 0 aliphatic heterocycles. The Balaban J connectivity index is 3.05. The lowest BCUT2D eigenvalue weighted by molar-refractivity contribution is -0.118. The van der Waals surface area contributed by atoms with Gasteiger partial charge in [0.1, 0.15) is 6.54 Å². The molecule has 1 aromatic heterocycles. The molecule has 0 aromatic carbocycles. The number of amides is 1. The Bertz CT molecular complexity index is 376. The average Bonchev–Trinajstić information content (AvgIpc) is 2.46. The van der Waals surface area contributed by atoms with Gasteiger partial charge in [-0.1, -0.05) is 20.8 Å². The van der Waals surface area contributed by atoms with Crippen molar-refractivity contribution >= 4 is 5.91 Å². The van der Waals surface area contributed by atoms with E-state index in [0.717, 1.165) is 17.8 Å². The largest absolute Gasteiger partial charge is 0.368 e. The van der Waals surface area contributed by atoms with Gasteiger partial charge in [0.05, 0.1) is 5.69 Å². The maximum absolute atomic E-state index is 10.8. The summed E-state index contributed by atoms with van der Waals surface area (Å²) in [5.41, 5.74) is 7.23. The second kappa shape index (κ2) is 4.65. The molecule has 0 fully saturated rings. The van der Waals surface area contributed by atoms with Crippen LogP contribution >= 0.6 is 0 Å². The van der Waals surface area contributed by atoms with Crippen molar-refractivity contribution in [1.82, 2.24) is 15.1 Å². The van der Waals surface area contributed by atoms with Crippen LogP contribution in [0.1, 0.15) is 32.0 Å². The smallest absolute Gasteiger partial charge is 0.239 e. The Kier molecular flexibility index (Phi) is 3.70. The SMILES string of the molecule is CNCc1cn(CC(N)=O)nc1C(C)(C)C. The highest BCUT2D eigenvalue weighted by molar-refractivity contribution is 5.73. The minimum absolute atomic E-state index is 0.0327. The van der Waals surface area contributed by atoms with Crippen molar-refractivity contribution in [3.63, 3.8) is 0 Å². The molecule has 3 N–H and O–H groups in total. The van der Waals surface area contributed by atoms with E-state index >= 15 is 0 Å². The first-order valence-corrected chi connectivity index (χ1v) is 5.34. The first-order chi connectivity index (χ1) is 7.34. The van der Waals surface area contributed by atoms with E-state index in [1.54, 1.807) is 4.68 Å². The molecule has 0 atom stereocenters. The fourth-order valence-electron chi connectivity index (χ4n) is 1.65. The van der Waals surface area contributed by atoms with Crippen molar-refractivity contribution < 1.29 is 4.79 Å². The Labute approximate surface area is 96.0 Å². The molecule has 16 heavy (non-hydrogen) atoms. The summed E-state index contributed by atoms with van der Waals surface area (Å²) in [4.78, 5) is 10.8. The summed E-state index contributed by atoms with van der Waals surface area (Å²) < 4.78 is 1.61. The minimum Gasteiger partial charge on any atom is -0.368 e. The van der Waals surface area contributed by atoms with Crippen LogP contribution in [0, 0.1) is 0 Å².